The van der Waals surface area contributed by atoms with Crippen molar-refractivity contribution in [3.63, 3.8) is 0 Å². The van der Waals surface area contributed by atoms with E-state index in [1.165, 1.54) is 19.3 Å². The SMILES string of the molecule is O=C1CCC(N2C(=O)c3cc4c(cc3C2=O)CN([C@H]2CC[C@H](Oc3ccc(C(=O)NC5CCCCC5)cc3)CC2)C4)C(=O)N1. The maximum atomic E-state index is 13.2. The molecule has 1 saturated heterocycles. The Bertz CT molecular complexity index is 1460. The van der Waals surface area contributed by atoms with Crippen LogP contribution in [0.3, 0.4) is 0 Å². The molecule has 5 amide bonds. The van der Waals surface area contributed by atoms with E-state index < -0.39 is 23.8 Å². The van der Waals surface area contributed by atoms with Crippen molar-refractivity contribution in [3.05, 3.63) is 64.2 Å². The molecule has 2 aliphatic carbocycles. The second kappa shape index (κ2) is 11.8. The summed E-state index contributed by atoms with van der Waals surface area (Å²) in [6.45, 7) is 1.42. The van der Waals surface area contributed by atoms with E-state index in [2.05, 4.69) is 15.5 Å². The van der Waals surface area contributed by atoms with E-state index in [4.69, 9.17) is 4.74 Å². The summed E-state index contributed by atoms with van der Waals surface area (Å²) in [5, 5.41) is 5.41. The number of hydrogen-bond acceptors (Lipinski definition) is 7. The van der Waals surface area contributed by atoms with Crippen molar-refractivity contribution < 1.29 is 28.7 Å². The number of benzene rings is 2. The molecule has 3 heterocycles. The fraction of sp³-hybridized carbons (Fsp3) is 0.500. The van der Waals surface area contributed by atoms with Gasteiger partial charge in [0.15, 0.2) is 0 Å². The lowest BCUT2D eigenvalue weighted by Gasteiger charge is -2.34. The molecule has 0 radical (unpaired) electrons. The van der Waals surface area contributed by atoms with Crippen LogP contribution in [0.2, 0.25) is 0 Å². The molecule has 7 rings (SSSR count). The van der Waals surface area contributed by atoms with E-state index in [1.807, 2.05) is 36.4 Å². The number of rotatable bonds is 6. The minimum atomic E-state index is -0.951. The van der Waals surface area contributed by atoms with Crippen molar-refractivity contribution in [3.8, 4) is 5.75 Å². The summed E-state index contributed by atoms with van der Waals surface area (Å²) in [6.07, 6.45) is 9.95. The summed E-state index contributed by atoms with van der Waals surface area (Å²) in [4.78, 5) is 66.5. The Morgan fingerprint density at radius 1 is 0.795 bits per heavy atom. The highest BCUT2D eigenvalue weighted by Crippen LogP contribution is 2.36. The number of ether oxygens (including phenoxy) is 1. The van der Waals surface area contributed by atoms with Crippen LogP contribution in [0.25, 0.3) is 0 Å². The zero-order valence-corrected chi connectivity index (χ0v) is 24.8. The van der Waals surface area contributed by atoms with Gasteiger partial charge in [-0.3, -0.25) is 39.1 Å². The number of fused-ring (bicyclic) bond motifs is 2. The van der Waals surface area contributed by atoms with E-state index in [1.54, 1.807) is 0 Å². The van der Waals surface area contributed by atoms with Crippen LogP contribution >= 0.6 is 0 Å². The third-order valence-electron chi connectivity index (χ3n) is 10.0. The highest BCUT2D eigenvalue weighted by molar-refractivity contribution is 6.23. The maximum Gasteiger partial charge on any atom is 0.262 e. The van der Waals surface area contributed by atoms with E-state index in [9.17, 15) is 24.0 Å². The Morgan fingerprint density at radius 2 is 1.43 bits per heavy atom. The van der Waals surface area contributed by atoms with E-state index in [0.717, 1.165) is 60.3 Å². The summed E-state index contributed by atoms with van der Waals surface area (Å²) < 4.78 is 6.29. The second-order valence-corrected chi connectivity index (χ2v) is 12.9. The van der Waals surface area contributed by atoms with Crippen LogP contribution < -0.4 is 15.4 Å². The van der Waals surface area contributed by atoms with Gasteiger partial charge in [0, 0.05) is 37.2 Å². The molecule has 44 heavy (non-hydrogen) atoms. The monoisotopic (exact) mass is 598 g/mol. The molecule has 10 heteroatoms. The Morgan fingerprint density at radius 3 is 2.05 bits per heavy atom. The molecule has 2 aromatic carbocycles. The molecule has 0 bridgehead atoms. The van der Waals surface area contributed by atoms with E-state index in [0.29, 0.717) is 35.8 Å². The number of nitrogens with zero attached hydrogens (tertiary/aromatic N) is 2. The van der Waals surface area contributed by atoms with Gasteiger partial charge in [-0.05, 0) is 92.5 Å². The highest BCUT2D eigenvalue weighted by Gasteiger charge is 2.45. The van der Waals surface area contributed by atoms with Gasteiger partial charge in [-0.1, -0.05) is 19.3 Å². The topological polar surface area (TPSA) is 125 Å². The van der Waals surface area contributed by atoms with Crippen LogP contribution in [0.1, 0.15) is 113 Å². The molecule has 3 aliphatic heterocycles. The number of hydrogen-bond donors (Lipinski definition) is 2. The van der Waals surface area contributed by atoms with Crippen molar-refractivity contribution in [1.82, 2.24) is 20.4 Å². The first kappa shape index (κ1) is 28.7. The minimum Gasteiger partial charge on any atom is -0.490 e. The lowest BCUT2D eigenvalue weighted by molar-refractivity contribution is -0.136. The summed E-state index contributed by atoms with van der Waals surface area (Å²) >= 11 is 0. The standard InChI is InChI=1S/C34H38N4O6/c39-30-15-14-29(32(41)36-30)38-33(42)27-16-21-18-37(19-22(21)17-28(27)34(38)43)24-8-12-26(13-9-24)44-25-10-6-20(7-11-25)31(40)35-23-4-2-1-3-5-23/h6-7,10-11,16-17,23-24,26,29H,1-5,8-9,12-15,18-19H2,(H,35,40)(H,36,39,41)/t24-,26-,29?. The zero-order valence-electron chi connectivity index (χ0n) is 24.8. The minimum absolute atomic E-state index is 0.0128. The Hall–Kier alpha value is -4.05. The maximum absolute atomic E-state index is 13.2. The molecule has 5 aliphatic rings. The van der Waals surface area contributed by atoms with Crippen LogP contribution in [0, 0.1) is 0 Å². The molecule has 2 saturated carbocycles. The van der Waals surface area contributed by atoms with Gasteiger partial charge in [-0.25, -0.2) is 0 Å². The molecule has 2 N–H and O–H groups in total. The number of piperidine rings is 1. The van der Waals surface area contributed by atoms with E-state index in [-0.39, 0.29) is 36.8 Å². The highest BCUT2D eigenvalue weighted by atomic mass is 16.5. The van der Waals surface area contributed by atoms with Gasteiger partial charge in [0.25, 0.3) is 17.7 Å². The second-order valence-electron chi connectivity index (χ2n) is 12.9. The molecule has 10 nitrogen and oxygen atoms in total. The van der Waals surface area contributed by atoms with Gasteiger partial charge in [-0.15, -0.1) is 0 Å². The predicted octanol–water partition coefficient (Wildman–Crippen LogP) is 3.86. The van der Waals surface area contributed by atoms with Crippen molar-refractivity contribution in [2.45, 2.75) is 108 Å². The summed E-state index contributed by atoms with van der Waals surface area (Å²) in [5.41, 5.74) is 3.44. The molecule has 3 fully saturated rings. The number of nitrogens with one attached hydrogen (secondary N) is 2. The van der Waals surface area contributed by atoms with Gasteiger partial charge < -0.3 is 10.1 Å². The van der Waals surface area contributed by atoms with Crippen molar-refractivity contribution in [2.24, 2.45) is 0 Å². The Balaban J connectivity index is 0.918. The fourth-order valence-electron chi connectivity index (χ4n) is 7.57. The van der Waals surface area contributed by atoms with Crippen LogP contribution in [0.15, 0.2) is 36.4 Å². The van der Waals surface area contributed by atoms with Crippen molar-refractivity contribution >= 4 is 29.5 Å². The molecular formula is C34H38N4O6. The van der Waals surface area contributed by atoms with Gasteiger partial charge in [0.2, 0.25) is 11.8 Å². The molecule has 0 aromatic heterocycles. The molecule has 1 unspecified atom stereocenters. The third-order valence-corrected chi connectivity index (χ3v) is 10.0. The average Bonchev–Trinajstić information content (AvgIpc) is 3.55. The van der Waals surface area contributed by atoms with Gasteiger partial charge in [0.1, 0.15) is 11.8 Å². The van der Waals surface area contributed by atoms with Gasteiger partial charge in [0.05, 0.1) is 17.2 Å². The number of imide groups is 2. The van der Waals surface area contributed by atoms with E-state index >= 15 is 0 Å². The lowest BCUT2D eigenvalue weighted by atomic mass is 9.92. The first-order valence-electron chi connectivity index (χ1n) is 16.0. The average molecular weight is 599 g/mol. The third kappa shape index (κ3) is 5.51. The normalized spacial score (nSPS) is 25.9. The number of carbonyl (C=O) groups is 5. The molecule has 2 aromatic rings. The predicted molar refractivity (Wildman–Crippen MR) is 160 cm³/mol. The van der Waals surface area contributed by atoms with Crippen LogP contribution in [-0.4, -0.2) is 63.6 Å². The first-order valence-corrected chi connectivity index (χ1v) is 16.0. The largest absolute Gasteiger partial charge is 0.490 e. The summed E-state index contributed by atoms with van der Waals surface area (Å²) in [7, 11) is 0. The smallest absolute Gasteiger partial charge is 0.262 e. The Labute approximate surface area is 256 Å². The zero-order chi connectivity index (χ0) is 30.4. The number of carbonyl (C=O) groups excluding carboxylic acids is 5. The van der Waals surface area contributed by atoms with Crippen LogP contribution in [-0.2, 0) is 22.7 Å². The fourth-order valence-corrected chi connectivity index (χ4v) is 7.57. The summed E-state index contributed by atoms with van der Waals surface area (Å²) in [5.74, 6) is -1.13. The molecule has 1 atom stereocenters. The van der Waals surface area contributed by atoms with Crippen LogP contribution in [0.4, 0.5) is 0 Å². The number of amides is 5. The van der Waals surface area contributed by atoms with Crippen LogP contribution in [0.5, 0.6) is 5.75 Å². The first-order chi connectivity index (χ1) is 21.3. The van der Waals surface area contributed by atoms with Crippen molar-refractivity contribution in [2.75, 3.05) is 0 Å². The summed E-state index contributed by atoms with van der Waals surface area (Å²) in [6, 6.07) is 10.8. The van der Waals surface area contributed by atoms with Gasteiger partial charge >= 0.3 is 0 Å². The Kier molecular flexibility index (Phi) is 7.70. The quantitative estimate of drug-likeness (QED) is 0.484. The lowest BCUT2D eigenvalue weighted by Crippen LogP contribution is -2.54. The molecule has 230 valence electrons. The van der Waals surface area contributed by atoms with Gasteiger partial charge in [-0.2, -0.15) is 0 Å². The molecule has 0 spiro atoms. The molecular weight excluding hydrogens is 560 g/mol. The van der Waals surface area contributed by atoms with Crippen molar-refractivity contribution in [1.29, 1.82) is 0 Å².